The van der Waals surface area contributed by atoms with Crippen LogP contribution in [0.15, 0.2) is 0 Å². The lowest BCUT2D eigenvalue weighted by atomic mass is 9.93. The second-order valence-corrected chi connectivity index (χ2v) is 11.2. The molecule has 9 heteroatoms. The van der Waals surface area contributed by atoms with Crippen LogP contribution in [-0.2, 0) is 18.6 Å². The molecule has 0 saturated heterocycles. The van der Waals surface area contributed by atoms with Crippen LogP contribution in [0.25, 0.3) is 0 Å². The lowest BCUT2D eigenvalue weighted by Crippen LogP contribution is -2.52. The van der Waals surface area contributed by atoms with E-state index in [4.69, 9.17) is 18.9 Å². The summed E-state index contributed by atoms with van der Waals surface area (Å²) in [5.41, 5.74) is 0.334. The second-order valence-electron chi connectivity index (χ2n) is 10.2. The summed E-state index contributed by atoms with van der Waals surface area (Å²) in [4.78, 5) is 21.0. The maximum Gasteiger partial charge on any atom is 0.330 e. The molecule has 0 radical (unpaired) electrons. The normalized spacial score (nSPS) is 15.6. The minimum absolute atomic E-state index is 0.101. The molecule has 3 N–H and O–H groups in total. The molecule has 0 fully saturated rings. The van der Waals surface area contributed by atoms with Crippen molar-refractivity contribution in [1.29, 1.82) is 0 Å². The van der Waals surface area contributed by atoms with Gasteiger partial charge in [0.05, 0.1) is 34.2 Å². The number of likely N-dealkylation sites (N-methyl/N-ethyl adjacent to an activating group) is 1. The highest BCUT2D eigenvalue weighted by atomic mass is 31.2. The molecule has 0 aliphatic carbocycles. The van der Waals surface area contributed by atoms with Gasteiger partial charge < -0.3 is 28.9 Å². The van der Waals surface area contributed by atoms with Gasteiger partial charge in [-0.05, 0) is 24.7 Å². The van der Waals surface area contributed by atoms with E-state index < -0.39 is 33.3 Å². The van der Waals surface area contributed by atoms with Crippen LogP contribution in [0.5, 0.6) is 0 Å². The Bertz CT molecular complexity index is 466. The number of carboxylic acids is 1. The highest BCUT2D eigenvalue weighted by Gasteiger charge is 2.35. The molecule has 0 aromatic rings. The van der Waals surface area contributed by atoms with Gasteiger partial charge in [0.25, 0.3) is 0 Å². The minimum atomic E-state index is -2.22. The molecule has 31 heavy (non-hydrogen) atoms. The monoisotopic (exact) mass is 468 g/mol. The molecule has 3 atom stereocenters. The minimum Gasteiger partial charge on any atom is -0.481 e. The number of aliphatic hydroxyl groups excluding tert-OH is 1. The predicted molar refractivity (Wildman–Crippen MR) is 123 cm³/mol. The Morgan fingerprint density at radius 3 is 1.94 bits per heavy atom. The Morgan fingerprint density at radius 2 is 1.45 bits per heavy atom. The van der Waals surface area contributed by atoms with Crippen molar-refractivity contribution in [3.63, 3.8) is 0 Å². The molecule has 0 spiro atoms. The third kappa shape index (κ3) is 18.9. The van der Waals surface area contributed by atoms with Crippen LogP contribution in [-0.4, -0.2) is 78.9 Å². The molecule has 0 aliphatic heterocycles. The number of rotatable bonds is 19. The van der Waals surface area contributed by atoms with Gasteiger partial charge in [-0.15, -0.1) is 0 Å². The summed E-state index contributed by atoms with van der Waals surface area (Å²) in [6, 6.07) is 0. The molecule has 0 saturated carbocycles. The number of unbranched alkanes of at least 4 members (excludes halogenated alkanes) is 6. The number of ether oxygens (including phenoxy) is 1. The summed E-state index contributed by atoms with van der Waals surface area (Å²) in [7, 11) is 2.95. The first-order chi connectivity index (χ1) is 14.3. The van der Waals surface area contributed by atoms with E-state index in [2.05, 4.69) is 20.8 Å². The third-order valence-corrected chi connectivity index (χ3v) is 5.71. The number of carbonyl (C=O) groups is 1. The Balaban J connectivity index is 3.74. The van der Waals surface area contributed by atoms with Crippen LogP contribution in [0, 0.1) is 5.41 Å². The van der Waals surface area contributed by atoms with E-state index in [1.807, 2.05) is 0 Å². The molecule has 0 rings (SSSR count). The standard InChI is InChI=1S/C22H46NO7P/c1-22(2,3)14-17-28-15-12-10-8-7-9-11-13-16-29-31(27)30-19(18-20(24)25)21(26)23(4,5)6/h19,21,26-27H,7-18H2,1-6H3/p+1. The van der Waals surface area contributed by atoms with Gasteiger partial charge in [0.2, 0.25) is 6.23 Å². The van der Waals surface area contributed by atoms with Gasteiger partial charge in [-0.1, -0.05) is 52.9 Å². The first kappa shape index (κ1) is 30.7. The van der Waals surface area contributed by atoms with Crippen molar-refractivity contribution in [3.05, 3.63) is 0 Å². The summed E-state index contributed by atoms with van der Waals surface area (Å²) in [5.74, 6) is -1.10. The Hall–Kier alpha value is -0.340. The summed E-state index contributed by atoms with van der Waals surface area (Å²) in [6.07, 6.45) is 6.14. The van der Waals surface area contributed by atoms with E-state index in [1.54, 1.807) is 21.1 Å². The quantitative estimate of drug-likeness (QED) is 0.112. The zero-order valence-electron chi connectivity index (χ0n) is 20.5. The Kier molecular flexibility index (Phi) is 16.1. The van der Waals surface area contributed by atoms with Crippen LogP contribution in [0.3, 0.4) is 0 Å². The average Bonchev–Trinajstić information content (AvgIpc) is 2.62. The molecule has 0 heterocycles. The van der Waals surface area contributed by atoms with Crippen molar-refractivity contribution >= 4 is 14.6 Å². The van der Waals surface area contributed by atoms with E-state index in [9.17, 15) is 14.8 Å². The highest BCUT2D eigenvalue weighted by molar-refractivity contribution is 7.40. The summed E-state index contributed by atoms with van der Waals surface area (Å²) in [6.45, 7) is 8.71. The van der Waals surface area contributed by atoms with Crippen molar-refractivity contribution < 1.29 is 38.2 Å². The van der Waals surface area contributed by atoms with Gasteiger partial charge in [0.1, 0.15) is 0 Å². The largest absolute Gasteiger partial charge is 0.481 e. The fourth-order valence-electron chi connectivity index (χ4n) is 2.83. The third-order valence-electron chi connectivity index (χ3n) is 4.86. The molecule has 0 bridgehead atoms. The van der Waals surface area contributed by atoms with Gasteiger partial charge >= 0.3 is 14.6 Å². The van der Waals surface area contributed by atoms with E-state index in [0.29, 0.717) is 12.0 Å². The van der Waals surface area contributed by atoms with Crippen LogP contribution in [0.1, 0.15) is 78.6 Å². The van der Waals surface area contributed by atoms with Crippen LogP contribution < -0.4 is 0 Å². The number of hydrogen-bond acceptors (Lipinski definition) is 6. The van der Waals surface area contributed by atoms with Crippen molar-refractivity contribution in [3.8, 4) is 0 Å². The first-order valence-electron chi connectivity index (χ1n) is 11.4. The summed E-state index contributed by atoms with van der Waals surface area (Å²) in [5, 5.41) is 19.3. The molecule has 0 aromatic heterocycles. The predicted octanol–water partition coefficient (Wildman–Crippen LogP) is 4.29. The fourth-order valence-corrected chi connectivity index (χ4v) is 3.59. The van der Waals surface area contributed by atoms with Gasteiger partial charge in [-0.3, -0.25) is 9.32 Å². The second kappa shape index (κ2) is 16.3. The molecule has 186 valence electrons. The smallest absolute Gasteiger partial charge is 0.330 e. The molecular weight excluding hydrogens is 421 g/mol. The molecule has 0 aliphatic rings. The zero-order chi connectivity index (χ0) is 23.9. The van der Waals surface area contributed by atoms with E-state index >= 15 is 0 Å². The van der Waals surface area contributed by atoms with Crippen molar-refractivity contribution in [2.24, 2.45) is 5.41 Å². The maximum absolute atomic E-state index is 11.0. The Labute approximate surface area is 190 Å². The van der Waals surface area contributed by atoms with Gasteiger partial charge in [0, 0.05) is 13.2 Å². The van der Waals surface area contributed by atoms with Crippen LogP contribution in [0.2, 0.25) is 0 Å². The van der Waals surface area contributed by atoms with Crippen molar-refractivity contribution in [1.82, 2.24) is 0 Å². The van der Waals surface area contributed by atoms with E-state index in [1.165, 1.54) is 19.3 Å². The van der Waals surface area contributed by atoms with Crippen molar-refractivity contribution in [2.45, 2.75) is 90.9 Å². The average molecular weight is 469 g/mol. The number of nitrogens with zero attached hydrogens (tertiary/aromatic N) is 1. The van der Waals surface area contributed by atoms with Crippen LogP contribution >= 0.6 is 8.60 Å². The molecular formula is C22H47NO7P+. The van der Waals surface area contributed by atoms with Crippen molar-refractivity contribution in [2.75, 3.05) is 41.0 Å². The number of aliphatic hydroxyl groups is 1. The summed E-state index contributed by atoms with van der Waals surface area (Å²) >= 11 is 0. The van der Waals surface area contributed by atoms with E-state index in [0.717, 1.165) is 45.3 Å². The molecule has 8 nitrogen and oxygen atoms in total. The fraction of sp³-hybridized carbons (Fsp3) is 0.955. The van der Waals surface area contributed by atoms with E-state index in [-0.39, 0.29) is 4.48 Å². The topological polar surface area (TPSA) is 105 Å². The lowest BCUT2D eigenvalue weighted by molar-refractivity contribution is -0.922. The number of hydrogen-bond donors (Lipinski definition) is 3. The Morgan fingerprint density at radius 1 is 0.935 bits per heavy atom. The lowest BCUT2D eigenvalue weighted by Gasteiger charge is -2.34. The highest BCUT2D eigenvalue weighted by Crippen LogP contribution is 2.37. The van der Waals surface area contributed by atoms with Gasteiger partial charge in [0.15, 0.2) is 6.10 Å². The molecule has 3 unspecified atom stereocenters. The van der Waals surface area contributed by atoms with Gasteiger partial charge in [-0.25, -0.2) is 0 Å². The van der Waals surface area contributed by atoms with Gasteiger partial charge in [-0.2, -0.15) is 0 Å². The van der Waals surface area contributed by atoms with Crippen LogP contribution in [0.4, 0.5) is 0 Å². The number of carboxylic acid groups (broad SMARTS) is 1. The number of quaternary nitrogens is 1. The number of aliphatic carboxylic acids is 1. The summed E-state index contributed by atoms with van der Waals surface area (Å²) < 4.78 is 16.4. The zero-order valence-corrected chi connectivity index (χ0v) is 21.4. The first-order valence-corrected chi connectivity index (χ1v) is 12.5. The maximum atomic E-state index is 11.0. The molecule has 0 aromatic carbocycles. The molecule has 0 amide bonds. The SMILES string of the molecule is CC(C)(C)CCOCCCCCCCCCOP(O)OC(CC(=O)O)C(O)[N+](C)(C)C.